The van der Waals surface area contributed by atoms with Gasteiger partial charge in [-0.05, 0) is 45.9 Å². The van der Waals surface area contributed by atoms with E-state index in [0.717, 1.165) is 4.57 Å². The number of aliphatic hydroxyl groups is 1. The molecule has 190 valence electrons. The van der Waals surface area contributed by atoms with Crippen molar-refractivity contribution in [2.45, 2.75) is 58.5 Å². The van der Waals surface area contributed by atoms with Gasteiger partial charge in [0, 0.05) is 11.8 Å². The van der Waals surface area contributed by atoms with Crippen LogP contribution >= 0.6 is 7.75 Å². The molecule has 3 rings (SSSR count). The summed E-state index contributed by atoms with van der Waals surface area (Å²) in [5.74, 6) is -0.532. The van der Waals surface area contributed by atoms with E-state index < -0.39 is 55.7 Å². The van der Waals surface area contributed by atoms with Gasteiger partial charge in [0.2, 0.25) is 0 Å². The molecule has 0 aliphatic carbocycles. The number of carbonyl (C=O) groups excluding carboxylic acids is 1. The number of H-pyrrole nitrogens is 1. The second-order valence-electron chi connectivity index (χ2n) is 8.09. The lowest BCUT2D eigenvalue weighted by molar-refractivity contribution is -0.149. The standard InChI is InChI=1S/C22H28N3O9P/c1-13(2)31-20(27)15(4)24-35(30,33-16-8-6-5-7-9-16)34-21(28)17-10-11-18(32-17)25-12-14(3)19(26)23-22(25)29/h5-13,15,17-18,21,28H,1-4H3,(H,24,30)(H,23,26,29)/t15-,17-,18+,21?,35?/m0/s1. The van der Waals surface area contributed by atoms with E-state index in [1.807, 2.05) is 0 Å². The lowest BCUT2D eigenvalue weighted by atomic mass is 10.3. The molecule has 0 spiro atoms. The van der Waals surface area contributed by atoms with Gasteiger partial charge in [-0.2, -0.15) is 5.09 Å². The van der Waals surface area contributed by atoms with E-state index in [9.17, 15) is 24.1 Å². The summed E-state index contributed by atoms with van der Waals surface area (Å²) < 4.78 is 36.3. The second kappa shape index (κ2) is 11.1. The molecule has 1 aliphatic rings. The number of hydrogen-bond acceptors (Lipinski definition) is 9. The van der Waals surface area contributed by atoms with E-state index >= 15 is 0 Å². The number of hydrogen-bond donors (Lipinski definition) is 3. The van der Waals surface area contributed by atoms with E-state index in [2.05, 4.69) is 10.1 Å². The number of aliphatic hydroxyl groups excluding tert-OH is 1. The molecule has 0 bridgehead atoms. The zero-order chi connectivity index (χ0) is 25.8. The molecule has 2 heterocycles. The van der Waals surface area contributed by atoms with Gasteiger partial charge in [-0.1, -0.05) is 24.3 Å². The number of nitrogens with zero attached hydrogens (tertiary/aromatic N) is 1. The first-order valence-electron chi connectivity index (χ1n) is 10.8. The molecule has 1 aliphatic heterocycles. The summed E-state index contributed by atoms with van der Waals surface area (Å²) in [6.07, 6.45) is -0.123. The second-order valence-corrected chi connectivity index (χ2v) is 9.74. The molecule has 1 aromatic carbocycles. The number of ether oxygens (including phenoxy) is 2. The summed E-state index contributed by atoms with van der Waals surface area (Å²) in [6.45, 7) is 6.27. The Morgan fingerprint density at radius 2 is 1.89 bits per heavy atom. The fourth-order valence-corrected chi connectivity index (χ4v) is 4.62. The molecule has 2 aromatic rings. The number of carbonyl (C=O) groups is 1. The number of aromatic nitrogens is 2. The molecule has 35 heavy (non-hydrogen) atoms. The van der Waals surface area contributed by atoms with Gasteiger partial charge in [0.1, 0.15) is 17.9 Å². The average Bonchev–Trinajstić information content (AvgIpc) is 3.26. The smallest absolute Gasteiger partial charge is 0.461 e. The van der Waals surface area contributed by atoms with Gasteiger partial charge in [0.25, 0.3) is 5.56 Å². The van der Waals surface area contributed by atoms with Crippen molar-refractivity contribution in [1.29, 1.82) is 0 Å². The minimum Gasteiger partial charge on any atom is -0.462 e. The Kier molecular flexibility index (Phi) is 8.47. The summed E-state index contributed by atoms with van der Waals surface area (Å²) in [5, 5.41) is 13.1. The molecule has 0 amide bonds. The molecule has 1 aromatic heterocycles. The van der Waals surface area contributed by atoms with Crippen LogP contribution in [0.1, 0.15) is 32.6 Å². The van der Waals surface area contributed by atoms with Gasteiger partial charge in [0.15, 0.2) is 12.5 Å². The zero-order valence-corrected chi connectivity index (χ0v) is 20.5. The van der Waals surface area contributed by atoms with Crippen molar-refractivity contribution in [3.63, 3.8) is 0 Å². The first-order chi connectivity index (χ1) is 16.5. The highest BCUT2D eigenvalue weighted by atomic mass is 31.2. The van der Waals surface area contributed by atoms with E-state index in [-0.39, 0.29) is 11.3 Å². The molecule has 12 nitrogen and oxygen atoms in total. The summed E-state index contributed by atoms with van der Waals surface area (Å²) in [4.78, 5) is 38.1. The summed E-state index contributed by atoms with van der Waals surface area (Å²) in [7, 11) is -4.35. The van der Waals surface area contributed by atoms with Crippen LogP contribution in [0.4, 0.5) is 0 Å². The van der Waals surface area contributed by atoms with Crippen molar-refractivity contribution >= 4 is 13.7 Å². The minimum absolute atomic E-state index is 0.163. The molecular weight excluding hydrogens is 481 g/mol. The van der Waals surface area contributed by atoms with Gasteiger partial charge >= 0.3 is 19.4 Å². The first-order valence-corrected chi connectivity index (χ1v) is 12.4. The van der Waals surface area contributed by atoms with E-state index in [0.29, 0.717) is 0 Å². The van der Waals surface area contributed by atoms with Crippen LogP contribution < -0.4 is 20.9 Å². The highest BCUT2D eigenvalue weighted by molar-refractivity contribution is 7.52. The predicted octanol–water partition coefficient (Wildman–Crippen LogP) is 1.75. The van der Waals surface area contributed by atoms with Crippen LogP contribution in [0.25, 0.3) is 0 Å². The van der Waals surface area contributed by atoms with Crippen LogP contribution in [0.15, 0.2) is 58.3 Å². The lowest BCUT2D eigenvalue weighted by Gasteiger charge is -2.27. The van der Waals surface area contributed by atoms with Gasteiger partial charge < -0.3 is 19.1 Å². The van der Waals surface area contributed by atoms with Crippen molar-refractivity contribution in [3.8, 4) is 5.75 Å². The maximum absolute atomic E-state index is 13.5. The van der Waals surface area contributed by atoms with Gasteiger partial charge in [-0.25, -0.2) is 9.36 Å². The Bertz CT molecular complexity index is 1220. The molecule has 0 radical (unpaired) electrons. The Morgan fingerprint density at radius 1 is 1.20 bits per heavy atom. The number of benzene rings is 1. The van der Waals surface area contributed by atoms with Crippen molar-refractivity contribution in [2.75, 3.05) is 0 Å². The predicted molar refractivity (Wildman–Crippen MR) is 125 cm³/mol. The van der Waals surface area contributed by atoms with Crippen molar-refractivity contribution < 1.29 is 33.0 Å². The monoisotopic (exact) mass is 509 g/mol. The number of rotatable bonds is 10. The molecule has 2 unspecified atom stereocenters. The van der Waals surface area contributed by atoms with Crippen LogP contribution in [-0.2, 0) is 23.4 Å². The van der Waals surface area contributed by atoms with Crippen molar-refractivity contribution in [2.24, 2.45) is 0 Å². The number of aromatic amines is 1. The molecule has 0 fully saturated rings. The van der Waals surface area contributed by atoms with Crippen molar-refractivity contribution in [3.05, 3.63) is 75.1 Å². The van der Waals surface area contributed by atoms with E-state index in [4.69, 9.17) is 18.5 Å². The zero-order valence-electron chi connectivity index (χ0n) is 19.6. The van der Waals surface area contributed by atoms with E-state index in [1.54, 1.807) is 32.0 Å². The number of nitrogens with one attached hydrogen (secondary N) is 2. The Morgan fingerprint density at radius 3 is 2.54 bits per heavy atom. The summed E-state index contributed by atoms with van der Waals surface area (Å²) >= 11 is 0. The van der Waals surface area contributed by atoms with Gasteiger partial charge in [-0.15, -0.1) is 0 Å². The average molecular weight is 509 g/mol. The molecule has 0 saturated heterocycles. The SMILES string of the molecule is Cc1cn([C@H]2C=C[C@@H](C(O)OP(=O)(N[C@@H](C)C(=O)OC(C)C)Oc3ccccc3)O2)c(=O)[nH]c1=O. The van der Waals surface area contributed by atoms with E-state index in [1.165, 1.54) is 44.3 Å². The largest absolute Gasteiger partial charge is 0.462 e. The molecule has 13 heteroatoms. The van der Waals surface area contributed by atoms with Crippen LogP contribution in [0.2, 0.25) is 0 Å². The topological polar surface area (TPSA) is 158 Å². The van der Waals surface area contributed by atoms with Crippen molar-refractivity contribution in [1.82, 2.24) is 14.6 Å². The third-order valence-corrected chi connectivity index (χ3v) is 6.38. The minimum atomic E-state index is -4.35. The third-order valence-electron chi connectivity index (χ3n) is 4.74. The normalized spacial score (nSPS) is 20.9. The van der Waals surface area contributed by atoms with Crippen LogP contribution in [-0.4, -0.2) is 45.2 Å². The molecular formula is C22H28N3O9P. The maximum atomic E-state index is 13.5. The molecule has 5 atom stereocenters. The lowest BCUT2D eigenvalue weighted by Crippen LogP contribution is -2.39. The number of para-hydroxylation sites is 1. The summed E-state index contributed by atoms with van der Waals surface area (Å²) in [6, 6.07) is 6.95. The Hall–Kier alpha value is -3.02. The van der Waals surface area contributed by atoms with Crippen LogP contribution in [0, 0.1) is 6.92 Å². The first kappa shape index (κ1) is 26.6. The molecule has 0 saturated carbocycles. The maximum Gasteiger partial charge on any atom is 0.461 e. The Balaban J connectivity index is 1.75. The van der Waals surface area contributed by atoms with Gasteiger partial charge in [0.05, 0.1) is 6.10 Å². The van der Waals surface area contributed by atoms with Crippen LogP contribution in [0.5, 0.6) is 5.75 Å². The fraction of sp³-hybridized carbons (Fsp3) is 0.409. The Labute approximate surface area is 201 Å². The highest BCUT2D eigenvalue weighted by Crippen LogP contribution is 2.46. The quantitative estimate of drug-likeness (QED) is 0.186. The number of esters is 1. The van der Waals surface area contributed by atoms with Gasteiger partial charge in [-0.3, -0.25) is 23.7 Å². The highest BCUT2D eigenvalue weighted by Gasteiger charge is 2.39. The summed E-state index contributed by atoms with van der Waals surface area (Å²) in [5.41, 5.74) is -0.944. The third kappa shape index (κ3) is 7.00. The molecule has 3 N–H and O–H groups in total. The number of aryl methyl sites for hydroxylation is 1. The fourth-order valence-electron chi connectivity index (χ4n) is 3.08. The van der Waals surface area contributed by atoms with Crippen LogP contribution in [0.3, 0.4) is 0 Å².